The summed E-state index contributed by atoms with van der Waals surface area (Å²) in [4.78, 5) is 10.9. The third-order valence-corrected chi connectivity index (χ3v) is 3.22. The predicted octanol–water partition coefficient (Wildman–Crippen LogP) is 2.46. The number of rotatable bonds is 2. The highest BCUT2D eigenvalue weighted by atomic mass is 19.2. The molecule has 16 heavy (non-hydrogen) atoms. The van der Waals surface area contributed by atoms with E-state index in [1.807, 2.05) is 13.8 Å². The van der Waals surface area contributed by atoms with E-state index >= 15 is 0 Å². The molecular formula is C11H14F2N2O. The second-order valence-electron chi connectivity index (χ2n) is 4.17. The number of hydrogen-bond donors (Lipinski definition) is 0. The van der Waals surface area contributed by atoms with Crippen LogP contribution in [-0.2, 0) is 5.54 Å². The Balaban J connectivity index is 0.000000457. The summed E-state index contributed by atoms with van der Waals surface area (Å²) in [6.45, 7) is 5.27. The van der Waals surface area contributed by atoms with Crippen molar-refractivity contribution in [2.24, 2.45) is 0 Å². The lowest BCUT2D eigenvalue weighted by atomic mass is 10.2. The van der Waals surface area contributed by atoms with Gasteiger partial charge in [0, 0.05) is 12.8 Å². The standard InChI is InChI=1S/C9H8F2N2O.C2H6/c1-5(14)6-2-12-13(7(6)10)9-3-8(9,11)4-9;1-2/h2H,3-4H2,1H3;1-2H3. The van der Waals surface area contributed by atoms with E-state index in [4.69, 9.17) is 0 Å². The molecule has 1 aromatic rings. The Labute approximate surface area is 92.4 Å². The molecule has 3 rings (SSSR count). The summed E-state index contributed by atoms with van der Waals surface area (Å²) in [5, 5.41) is 3.74. The molecule has 0 spiro atoms. The number of ketones is 1. The van der Waals surface area contributed by atoms with Gasteiger partial charge in [0.2, 0.25) is 5.95 Å². The lowest BCUT2D eigenvalue weighted by Gasteiger charge is -2.02. The third kappa shape index (κ3) is 1.17. The van der Waals surface area contributed by atoms with Crippen LogP contribution in [0.3, 0.4) is 0 Å². The first-order valence-corrected chi connectivity index (χ1v) is 5.44. The molecule has 2 aliphatic carbocycles. The summed E-state index contributed by atoms with van der Waals surface area (Å²) in [6.07, 6.45) is 1.83. The fourth-order valence-electron chi connectivity index (χ4n) is 1.99. The largest absolute Gasteiger partial charge is 0.294 e. The van der Waals surface area contributed by atoms with Gasteiger partial charge in [0.05, 0.1) is 11.8 Å². The van der Waals surface area contributed by atoms with Gasteiger partial charge in [-0.25, -0.2) is 9.07 Å². The summed E-state index contributed by atoms with van der Waals surface area (Å²) in [7, 11) is 0. The van der Waals surface area contributed by atoms with E-state index in [1.54, 1.807) is 0 Å². The van der Waals surface area contributed by atoms with E-state index in [-0.39, 0.29) is 11.3 Å². The van der Waals surface area contributed by atoms with Gasteiger partial charge < -0.3 is 0 Å². The van der Waals surface area contributed by atoms with E-state index in [9.17, 15) is 13.6 Å². The van der Waals surface area contributed by atoms with Gasteiger partial charge in [-0.1, -0.05) is 13.8 Å². The monoisotopic (exact) mass is 228 g/mol. The van der Waals surface area contributed by atoms with Crippen molar-refractivity contribution >= 4 is 5.78 Å². The van der Waals surface area contributed by atoms with Crippen LogP contribution in [-0.4, -0.2) is 21.2 Å². The van der Waals surface area contributed by atoms with Crippen LogP contribution in [0.15, 0.2) is 6.20 Å². The Morgan fingerprint density at radius 3 is 2.31 bits per heavy atom. The molecular weight excluding hydrogens is 214 g/mol. The number of carbonyl (C=O) groups is 1. The minimum Gasteiger partial charge on any atom is -0.294 e. The van der Waals surface area contributed by atoms with Crippen molar-refractivity contribution < 1.29 is 13.6 Å². The van der Waals surface area contributed by atoms with E-state index < -0.39 is 17.2 Å². The molecule has 2 saturated carbocycles. The van der Waals surface area contributed by atoms with Crippen LogP contribution in [0, 0.1) is 5.95 Å². The molecule has 2 fully saturated rings. The molecule has 0 radical (unpaired) electrons. The number of fused-ring (bicyclic) bond motifs is 1. The number of carbonyl (C=O) groups excluding carboxylic acids is 1. The van der Waals surface area contributed by atoms with Crippen LogP contribution < -0.4 is 0 Å². The van der Waals surface area contributed by atoms with Crippen molar-refractivity contribution in [2.45, 2.75) is 44.8 Å². The average molecular weight is 228 g/mol. The maximum absolute atomic E-state index is 13.5. The molecule has 5 heteroatoms. The van der Waals surface area contributed by atoms with E-state index in [2.05, 4.69) is 5.10 Å². The van der Waals surface area contributed by atoms with Crippen LogP contribution in [0.1, 0.15) is 44.0 Å². The van der Waals surface area contributed by atoms with Crippen LogP contribution in [0.4, 0.5) is 8.78 Å². The Morgan fingerprint density at radius 1 is 1.50 bits per heavy atom. The molecule has 0 unspecified atom stereocenters. The molecule has 2 aliphatic rings. The van der Waals surface area contributed by atoms with E-state index in [0.717, 1.165) is 4.68 Å². The number of alkyl halides is 1. The summed E-state index contributed by atoms with van der Waals surface area (Å²) < 4.78 is 27.9. The van der Waals surface area contributed by atoms with Crippen molar-refractivity contribution in [1.82, 2.24) is 9.78 Å². The normalized spacial score (nSPS) is 33.6. The minimum absolute atomic E-state index is 0.0551. The fraction of sp³-hybridized carbons (Fsp3) is 0.636. The van der Waals surface area contributed by atoms with Crippen molar-refractivity contribution in [1.29, 1.82) is 0 Å². The summed E-state index contributed by atoms with van der Waals surface area (Å²) >= 11 is 0. The first-order chi connectivity index (χ1) is 7.50. The van der Waals surface area contributed by atoms with Gasteiger partial charge in [-0.3, -0.25) is 4.79 Å². The van der Waals surface area contributed by atoms with Crippen LogP contribution >= 0.6 is 0 Å². The van der Waals surface area contributed by atoms with Crippen molar-refractivity contribution in [3.8, 4) is 0 Å². The predicted molar refractivity (Wildman–Crippen MR) is 54.6 cm³/mol. The lowest BCUT2D eigenvalue weighted by molar-refractivity contribution is 0.101. The molecule has 0 bridgehead atoms. The topological polar surface area (TPSA) is 34.9 Å². The van der Waals surface area contributed by atoms with Gasteiger partial charge in [0.1, 0.15) is 11.2 Å². The van der Waals surface area contributed by atoms with Gasteiger partial charge in [-0.15, -0.1) is 0 Å². The second kappa shape index (κ2) is 3.12. The SMILES string of the molecule is CC.CC(=O)c1cnn(C23CC2(F)C3)c1F. The number of halogens is 2. The average Bonchev–Trinajstić information content (AvgIpc) is 2.89. The molecule has 3 nitrogen and oxygen atoms in total. The van der Waals surface area contributed by atoms with Gasteiger partial charge in [-0.05, 0) is 6.92 Å². The van der Waals surface area contributed by atoms with Gasteiger partial charge >= 0.3 is 0 Å². The van der Waals surface area contributed by atoms with Gasteiger partial charge in [-0.2, -0.15) is 9.49 Å². The van der Waals surface area contributed by atoms with Crippen LogP contribution in [0.25, 0.3) is 0 Å². The maximum atomic E-state index is 13.5. The molecule has 0 aromatic carbocycles. The molecule has 0 amide bonds. The Bertz CT molecular complexity index is 447. The fourth-order valence-corrected chi connectivity index (χ4v) is 1.99. The first kappa shape index (κ1) is 11.2. The van der Waals surface area contributed by atoms with Gasteiger partial charge in [0.25, 0.3) is 0 Å². The van der Waals surface area contributed by atoms with E-state index in [1.165, 1.54) is 13.1 Å². The van der Waals surface area contributed by atoms with Gasteiger partial charge in [0.15, 0.2) is 5.78 Å². The highest BCUT2D eigenvalue weighted by Crippen LogP contribution is 2.78. The highest BCUT2D eigenvalue weighted by molar-refractivity contribution is 5.93. The molecule has 1 aromatic heterocycles. The Hall–Kier alpha value is -1.26. The number of Topliss-reactive ketones (excluding diaryl/α,β-unsaturated/α-hetero) is 1. The molecule has 0 N–H and O–H groups in total. The number of hydrogen-bond acceptors (Lipinski definition) is 2. The summed E-state index contributed by atoms with van der Waals surface area (Å²) in [6, 6.07) is 0. The van der Waals surface area contributed by atoms with Crippen molar-refractivity contribution in [2.75, 3.05) is 0 Å². The Morgan fingerprint density at radius 2 is 2.00 bits per heavy atom. The zero-order valence-corrected chi connectivity index (χ0v) is 9.55. The second-order valence-corrected chi connectivity index (χ2v) is 4.17. The molecule has 0 atom stereocenters. The van der Waals surface area contributed by atoms with Crippen LogP contribution in [0.2, 0.25) is 0 Å². The summed E-state index contributed by atoms with van der Waals surface area (Å²) in [5.74, 6) is -1.08. The molecule has 0 aliphatic heterocycles. The zero-order chi connectivity index (χ0) is 12.1. The minimum atomic E-state index is -1.24. The smallest absolute Gasteiger partial charge is 0.223 e. The van der Waals surface area contributed by atoms with Crippen molar-refractivity contribution in [3.63, 3.8) is 0 Å². The quantitative estimate of drug-likeness (QED) is 0.729. The number of nitrogens with zero attached hydrogens (tertiary/aromatic N) is 2. The lowest BCUT2D eigenvalue weighted by Crippen LogP contribution is -2.12. The molecule has 88 valence electrons. The summed E-state index contributed by atoms with van der Waals surface area (Å²) in [5.41, 5.74) is -2.04. The maximum Gasteiger partial charge on any atom is 0.223 e. The third-order valence-electron chi connectivity index (χ3n) is 3.22. The van der Waals surface area contributed by atoms with Crippen molar-refractivity contribution in [3.05, 3.63) is 17.7 Å². The zero-order valence-electron chi connectivity index (χ0n) is 9.55. The first-order valence-electron chi connectivity index (χ1n) is 5.44. The Kier molecular flexibility index (Phi) is 2.19. The number of aromatic nitrogens is 2. The highest BCUT2D eigenvalue weighted by Gasteiger charge is 2.88. The van der Waals surface area contributed by atoms with E-state index in [0.29, 0.717) is 12.8 Å². The molecule has 1 heterocycles. The molecule has 0 saturated heterocycles. The van der Waals surface area contributed by atoms with Crippen LogP contribution in [0.5, 0.6) is 0 Å².